The molecule has 0 aromatic heterocycles. The topological polar surface area (TPSA) is 32.3 Å². The Bertz CT molecular complexity index is 430. The predicted octanol–water partition coefficient (Wildman–Crippen LogP) is 3.50. The molecule has 1 aromatic carbocycles. The normalized spacial score (nSPS) is 12.4. The van der Waals surface area contributed by atoms with Gasteiger partial charge in [0.25, 0.3) is 5.91 Å². The molecule has 0 radical (unpaired) electrons. The van der Waals surface area contributed by atoms with E-state index in [4.69, 9.17) is 11.6 Å². The maximum absolute atomic E-state index is 11.9. The van der Waals surface area contributed by atoms with Crippen LogP contribution < -0.4 is 5.32 Å². The summed E-state index contributed by atoms with van der Waals surface area (Å²) in [5.74, 6) is 0.473. The third-order valence-corrected chi connectivity index (χ3v) is 3.33. The highest BCUT2D eigenvalue weighted by Crippen LogP contribution is 2.25. The molecule has 0 saturated heterocycles. The molecule has 0 saturated carbocycles. The van der Waals surface area contributed by atoms with Crippen LogP contribution in [0.5, 0.6) is 0 Å². The molecule has 100 valence electrons. The highest BCUT2D eigenvalue weighted by molar-refractivity contribution is 6.33. The van der Waals surface area contributed by atoms with Gasteiger partial charge in [-0.05, 0) is 31.0 Å². The number of nitrogens with one attached hydrogen (secondary N) is 1. The maximum atomic E-state index is 11.9. The lowest BCUT2D eigenvalue weighted by Gasteiger charge is -2.20. The number of amides is 1. The fourth-order valence-electron chi connectivity index (χ4n) is 1.44. The van der Waals surface area contributed by atoms with Gasteiger partial charge in [-0.1, -0.05) is 25.4 Å². The minimum atomic E-state index is -0.0214. The summed E-state index contributed by atoms with van der Waals surface area (Å²) in [6.45, 7) is 6.38. The Kier molecular flexibility index (Phi) is 5.03. The molecule has 0 aliphatic carbocycles. The van der Waals surface area contributed by atoms with E-state index in [1.807, 2.05) is 6.07 Å². The first-order chi connectivity index (χ1) is 8.32. The molecule has 0 spiro atoms. The summed E-state index contributed by atoms with van der Waals surface area (Å²) in [5, 5.41) is 3.98. The van der Waals surface area contributed by atoms with Crippen molar-refractivity contribution in [2.45, 2.75) is 26.8 Å². The molecule has 1 atom stereocenters. The van der Waals surface area contributed by atoms with E-state index < -0.39 is 0 Å². The molecule has 0 fully saturated rings. The van der Waals surface area contributed by atoms with Crippen LogP contribution in [0.2, 0.25) is 5.02 Å². The molecule has 0 bridgehead atoms. The van der Waals surface area contributed by atoms with E-state index in [0.717, 1.165) is 5.69 Å². The highest BCUT2D eigenvalue weighted by atomic mass is 35.5. The van der Waals surface area contributed by atoms with Crippen LogP contribution in [0.3, 0.4) is 0 Å². The quantitative estimate of drug-likeness (QED) is 0.907. The van der Waals surface area contributed by atoms with Crippen molar-refractivity contribution in [3.63, 3.8) is 0 Å². The predicted molar refractivity (Wildman–Crippen MR) is 77.4 cm³/mol. The summed E-state index contributed by atoms with van der Waals surface area (Å²) >= 11 is 6.14. The van der Waals surface area contributed by atoms with E-state index in [1.165, 1.54) is 0 Å². The van der Waals surface area contributed by atoms with Crippen LogP contribution >= 0.6 is 11.6 Å². The van der Waals surface area contributed by atoms with Crippen molar-refractivity contribution in [2.75, 3.05) is 19.4 Å². The van der Waals surface area contributed by atoms with E-state index in [0.29, 0.717) is 22.5 Å². The number of hydrogen-bond acceptors (Lipinski definition) is 2. The summed E-state index contributed by atoms with van der Waals surface area (Å²) in [6.07, 6.45) is 0. The van der Waals surface area contributed by atoms with Gasteiger partial charge in [-0.3, -0.25) is 4.79 Å². The molecule has 1 amide bonds. The Morgan fingerprint density at radius 2 is 1.89 bits per heavy atom. The molecule has 1 N–H and O–H groups in total. The number of hydrogen-bond donors (Lipinski definition) is 1. The van der Waals surface area contributed by atoms with Crippen molar-refractivity contribution < 1.29 is 4.79 Å². The highest BCUT2D eigenvalue weighted by Gasteiger charge is 2.13. The second-order valence-corrected chi connectivity index (χ2v) is 5.48. The molecule has 18 heavy (non-hydrogen) atoms. The summed E-state index contributed by atoms with van der Waals surface area (Å²) in [7, 11) is 3.47. The number of nitrogens with zero attached hydrogens (tertiary/aromatic N) is 1. The van der Waals surface area contributed by atoms with Crippen LogP contribution in [0, 0.1) is 5.92 Å². The van der Waals surface area contributed by atoms with E-state index in [9.17, 15) is 4.79 Å². The van der Waals surface area contributed by atoms with Gasteiger partial charge in [-0.2, -0.15) is 0 Å². The Hall–Kier alpha value is -1.22. The number of benzene rings is 1. The van der Waals surface area contributed by atoms with E-state index in [1.54, 1.807) is 31.1 Å². The van der Waals surface area contributed by atoms with E-state index in [2.05, 4.69) is 26.1 Å². The van der Waals surface area contributed by atoms with Gasteiger partial charge < -0.3 is 10.2 Å². The first-order valence-corrected chi connectivity index (χ1v) is 6.48. The number of carbonyl (C=O) groups excluding carboxylic acids is 1. The van der Waals surface area contributed by atoms with Gasteiger partial charge >= 0.3 is 0 Å². The number of rotatable bonds is 4. The summed E-state index contributed by atoms with van der Waals surface area (Å²) in [6, 6.07) is 5.61. The van der Waals surface area contributed by atoms with Gasteiger partial charge in [0.2, 0.25) is 0 Å². The maximum Gasteiger partial charge on any atom is 0.253 e. The fraction of sp³-hybridized carbons (Fsp3) is 0.500. The molecular weight excluding hydrogens is 248 g/mol. The number of carbonyl (C=O) groups is 1. The lowest BCUT2D eigenvalue weighted by Crippen LogP contribution is -2.23. The lowest BCUT2D eigenvalue weighted by molar-refractivity contribution is 0.0827. The van der Waals surface area contributed by atoms with Gasteiger partial charge in [0.15, 0.2) is 0 Å². The van der Waals surface area contributed by atoms with Gasteiger partial charge in [-0.15, -0.1) is 0 Å². The first kappa shape index (κ1) is 14.8. The molecule has 0 heterocycles. The van der Waals surface area contributed by atoms with Crippen LogP contribution in [-0.4, -0.2) is 30.9 Å². The monoisotopic (exact) mass is 268 g/mol. The van der Waals surface area contributed by atoms with Crippen LogP contribution in [0.15, 0.2) is 18.2 Å². The largest absolute Gasteiger partial charge is 0.381 e. The van der Waals surface area contributed by atoms with Crippen LogP contribution in [-0.2, 0) is 0 Å². The molecule has 3 nitrogen and oxygen atoms in total. The Morgan fingerprint density at radius 3 is 2.39 bits per heavy atom. The van der Waals surface area contributed by atoms with Crippen molar-refractivity contribution >= 4 is 23.2 Å². The first-order valence-electron chi connectivity index (χ1n) is 6.10. The molecule has 4 heteroatoms. The molecule has 1 unspecified atom stereocenters. The zero-order valence-corrected chi connectivity index (χ0v) is 12.4. The minimum absolute atomic E-state index is 0.0214. The van der Waals surface area contributed by atoms with Gasteiger partial charge in [0, 0.05) is 25.7 Å². The molecule has 1 rings (SSSR count). The van der Waals surface area contributed by atoms with E-state index >= 15 is 0 Å². The minimum Gasteiger partial charge on any atom is -0.381 e. The number of halogens is 1. The Balaban J connectivity index is 2.98. The molecule has 0 aliphatic rings. The fourth-order valence-corrected chi connectivity index (χ4v) is 1.61. The number of anilines is 1. The van der Waals surface area contributed by atoms with Gasteiger partial charge in [0.05, 0.1) is 10.7 Å². The zero-order valence-electron chi connectivity index (χ0n) is 11.6. The van der Waals surface area contributed by atoms with Crippen LogP contribution in [0.4, 0.5) is 5.69 Å². The SMILES string of the molecule is CC(C)C(C)Nc1cc(C(=O)N(C)C)ccc1Cl. The summed E-state index contributed by atoms with van der Waals surface area (Å²) < 4.78 is 0. The average Bonchev–Trinajstić information content (AvgIpc) is 2.30. The summed E-state index contributed by atoms with van der Waals surface area (Å²) in [4.78, 5) is 13.4. The smallest absolute Gasteiger partial charge is 0.253 e. The van der Waals surface area contributed by atoms with Crippen LogP contribution in [0.25, 0.3) is 0 Å². The van der Waals surface area contributed by atoms with Gasteiger partial charge in [-0.25, -0.2) is 0 Å². The third-order valence-electron chi connectivity index (χ3n) is 3.00. The summed E-state index contributed by atoms with van der Waals surface area (Å²) in [5.41, 5.74) is 1.45. The molecule has 1 aromatic rings. The standard InChI is InChI=1S/C14H21ClN2O/c1-9(2)10(3)16-13-8-11(6-7-12(13)15)14(18)17(4)5/h6-10,16H,1-5H3. The average molecular weight is 269 g/mol. The zero-order chi connectivity index (χ0) is 13.9. The Labute approximate surface area is 114 Å². The Morgan fingerprint density at radius 1 is 1.28 bits per heavy atom. The van der Waals surface area contributed by atoms with Crippen LogP contribution in [0.1, 0.15) is 31.1 Å². The van der Waals surface area contributed by atoms with Crippen molar-refractivity contribution in [3.8, 4) is 0 Å². The second kappa shape index (κ2) is 6.10. The molecule has 0 aliphatic heterocycles. The van der Waals surface area contributed by atoms with E-state index in [-0.39, 0.29) is 5.91 Å². The molecular formula is C14H21ClN2O. The van der Waals surface area contributed by atoms with Crippen molar-refractivity contribution in [1.82, 2.24) is 4.90 Å². The van der Waals surface area contributed by atoms with Gasteiger partial charge in [0.1, 0.15) is 0 Å². The lowest BCUT2D eigenvalue weighted by atomic mass is 10.1. The van der Waals surface area contributed by atoms with Crippen molar-refractivity contribution in [2.24, 2.45) is 5.92 Å². The van der Waals surface area contributed by atoms with Crippen molar-refractivity contribution in [3.05, 3.63) is 28.8 Å². The third kappa shape index (κ3) is 3.64. The second-order valence-electron chi connectivity index (χ2n) is 5.07. The van der Waals surface area contributed by atoms with Crippen molar-refractivity contribution in [1.29, 1.82) is 0 Å².